The largest absolute Gasteiger partial charge is 0.492 e. The summed E-state index contributed by atoms with van der Waals surface area (Å²) in [5, 5.41) is 2.71. The molecule has 0 spiro atoms. The first-order valence-electron chi connectivity index (χ1n) is 9.43. The molecule has 0 aliphatic heterocycles. The van der Waals surface area contributed by atoms with Gasteiger partial charge >= 0.3 is 5.97 Å². The van der Waals surface area contributed by atoms with Crippen molar-refractivity contribution in [2.45, 2.75) is 20.8 Å². The highest BCUT2D eigenvalue weighted by molar-refractivity contribution is 5.96. The molecule has 3 rings (SSSR count). The van der Waals surface area contributed by atoms with Crippen LogP contribution in [0.15, 0.2) is 60.7 Å². The molecule has 0 fully saturated rings. The molecule has 0 aliphatic rings. The van der Waals surface area contributed by atoms with Crippen LogP contribution in [0.5, 0.6) is 5.75 Å². The lowest BCUT2D eigenvalue weighted by Gasteiger charge is -2.12. The Morgan fingerprint density at radius 1 is 0.966 bits per heavy atom. The van der Waals surface area contributed by atoms with Gasteiger partial charge in [0.05, 0.1) is 17.9 Å². The van der Waals surface area contributed by atoms with Gasteiger partial charge in [0.1, 0.15) is 5.75 Å². The highest BCUT2D eigenvalue weighted by Crippen LogP contribution is 2.23. The molecular formula is C23H24N2O4. The Morgan fingerprint density at radius 3 is 2.41 bits per heavy atom. The lowest BCUT2D eigenvalue weighted by Crippen LogP contribution is -2.21. The second-order valence-corrected chi connectivity index (χ2v) is 6.56. The molecular weight excluding hydrogens is 368 g/mol. The zero-order chi connectivity index (χ0) is 20.8. The van der Waals surface area contributed by atoms with Gasteiger partial charge in [-0.3, -0.25) is 4.79 Å². The molecule has 0 aliphatic carbocycles. The highest BCUT2D eigenvalue weighted by Gasteiger charge is 2.13. The van der Waals surface area contributed by atoms with Gasteiger partial charge in [-0.1, -0.05) is 18.2 Å². The first-order chi connectivity index (χ1) is 14.0. The Bertz CT molecular complexity index is 1000. The molecule has 1 aromatic heterocycles. The number of carbonyl (C=O) groups excluding carboxylic acids is 2. The van der Waals surface area contributed by atoms with E-state index in [1.54, 1.807) is 36.4 Å². The molecule has 0 saturated carbocycles. The van der Waals surface area contributed by atoms with Crippen molar-refractivity contribution in [3.63, 3.8) is 0 Å². The summed E-state index contributed by atoms with van der Waals surface area (Å²) in [5.41, 5.74) is 3.93. The number of para-hydroxylation sites is 2. The van der Waals surface area contributed by atoms with E-state index in [9.17, 15) is 9.59 Å². The average molecular weight is 392 g/mol. The second kappa shape index (κ2) is 9.10. The molecule has 0 bridgehead atoms. The predicted molar refractivity (Wildman–Crippen MR) is 112 cm³/mol. The van der Waals surface area contributed by atoms with E-state index < -0.39 is 11.9 Å². The topological polar surface area (TPSA) is 69.6 Å². The Morgan fingerprint density at radius 2 is 1.69 bits per heavy atom. The minimum absolute atomic E-state index is 0.384. The lowest BCUT2D eigenvalue weighted by atomic mass is 10.2. The summed E-state index contributed by atoms with van der Waals surface area (Å²) in [6.45, 7) is 5.97. The normalized spacial score (nSPS) is 10.4. The summed E-state index contributed by atoms with van der Waals surface area (Å²) in [6, 6.07) is 18.3. The van der Waals surface area contributed by atoms with Crippen LogP contribution in [0.4, 0.5) is 5.69 Å². The molecule has 3 aromatic rings. The quantitative estimate of drug-likeness (QED) is 0.609. The van der Waals surface area contributed by atoms with E-state index in [1.165, 1.54) is 0 Å². The van der Waals surface area contributed by atoms with Crippen molar-refractivity contribution in [3.05, 3.63) is 77.6 Å². The van der Waals surface area contributed by atoms with Gasteiger partial charge in [0.25, 0.3) is 5.91 Å². The average Bonchev–Trinajstić information content (AvgIpc) is 3.06. The third-order valence-electron chi connectivity index (χ3n) is 4.41. The maximum absolute atomic E-state index is 12.4. The molecule has 1 amide bonds. The molecule has 2 aromatic carbocycles. The fourth-order valence-corrected chi connectivity index (χ4v) is 3.10. The first-order valence-corrected chi connectivity index (χ1v) is 9.43. The highest BCUT2D eigenvalue weighted by atomic mass is 16.5. The third-order valence-corrected chi connectivity index (χ3v) is 4.41. The molecule has 6 heteroatoms. The number of hydrogen-bond donors (Lipinski definition) is 1. The SMILES string of the molecule is CCOc1ccccc1NC(=O)COC(=O)c1cccc(-n2c(C)ccc2C)c1. The van der Waals surface area contributed by atoms with Crippen LogP contribution in [-0.2, 0) is 9.53 Å². The summed E-state index contributed by atoms with van der Waals surface area (Å²) in [4.78, 5) is 24.6. The third kappa shape index (κ3) is 4.85. The number of anilines is 1. The molecule has 150 valence electrons. The van der Waals surface area contributed by atoms with Gasteiger partial charge in [-0.05, 0) is 63.2 Å². The lowest BCUT2D eigenvalue weighted by molar-refractivity contribution is -0.119. The number of esters is 1. The van der Waals surface area contributed by atoms with Crippen LogP contribution in [0, 0.1) is 13.8 Å². The number of hydrogen-bond acceptors (Lipinski definition) is 4. The number of aromatic nitrogens is 1. The smallest absolute Gasteiger partial charge is 0.338 e. The fourth-order valence-electron chi connectivity index (χ4n) is 3.10. The van der Waals surface area contributed by atoms with Crippen LogP contribution in [0.1, 0.15) is 28.7 Å². The maximum atomic E-state index is 12.4. The first kappa shape index (κ1) is 20.2. The Kier molecular flexibility index (Phi) is 6.34. The van der Waals surface area contributed by atoms with Gasteiger partial charge < -0.3 is 19.4 Å². The maximum Gasteiger partial charge on any atom is 0.338 e. The van der Waals surface area contributed by atoms with Crippen LogP contribution in [-0.4, -0.2) is 29.7 Å². The molecule has 29 heavy (non-hydrogen) atoms. The van der Waals surface area contributed by atoms with Crippen LogP contribution in [0.3, 0.4) is 0 Å². The molecule has 6 nitrogen and oxygen atoms in total. The Balaban J connectivity index is 1.64. The van der Waals surface area contributed by atoms with Gasteiger partial charge in [-0.25, -0.2) is 4.79 Å². The number of aryl methyl sites for hydroxylation is 2. The molecule has 1 heterocycles. The van der Waals surface area contributed by atoms with Crippen molar-refractivity contribution >= 4 is 17.6 Å². The summed E-state index contributed by atoms with van der Waals surface area (Å²) < 4.78 is 12.7. The zero-order valence-electron chi connectivity index (χ0n) is 16.8. The minimum Gasteiger partial charge on any atom is -0.492 e. The Labute approximate surface area is 170 Å². The van der Waals surface area contributed by atoms with Crippen molar-refractivity contribution in [1.82, 2.24) is 4.57 Å². The zero-order valence-corrected chi connectivity index (χ0v) is 16.8. The van der Waals surface area contributed by atoms with Crippen LogP contribution in [0.2, 0.25) is 0 Å². The molecule has 0 atom stereocenters. The number of amides is 1. The number of benzene rings is 2. The molecule has 0 radical (unpaired) electrons. The van der Waals surface area contributed by atoms with E-state index in [1.807, 2.05) is 49.6 Å². The van der Waals surface area contributed by atoms with E-state index in [2.05, 4.69) is 5.32 Å². The van der Waals surface area contributed by atoms with E-state index in [0.29, 0.717) is 23.6 Å². The second-order valence-electron chi connectivity index (χ2n) is 6.56. The van der Waals surface area contributed by atoms with Crippen molar-refractivity contribution in [1.29, 1.82) is 0 Å². The molecule has 1 N–H and O–H groups in total. The summed E-state index contributed by atoms with van der Waals surface area (Å²) in [5.74, 6) is -0.416. The van der Waals surface area contributed by atoms with Crippen LogP contribution >= 0.6 is 0 Å². The van der Waals surface area contributed by atoms with E-state index in [4.69, 9.17) is 9.47 Å². The van der Waals surface area contributed by atoms with Gasteiger partial charge in [0.15, 0.2) is 6.61 Å². The van der Waals surface area contributed by atoms with Gasteiger partial charge in [0, 0.05) is 17.1 Å². The van der Waals surface area contributed by atoms with Crippen molar-refractivity contribution in [2.24, 2.45) is 0 Å². The Hall–Kier alpha value is -3.54. The fraction of sp³-hybridized carbons (Fsp3) is 0.217. The van der Waals surface area contributed by atoms with E-state index >= 15 is 0 Å². The monoisotopic (exact) mass is 392 g/mol. The van der Waals surface area contributed by atoms with E-state index in [-0.39, 0.29) is 6.61 Å². The van der Waals surface area contributed by atoms with Crippen molar-refractivity contribution in [3.8, 4) is 11.4 Å². The summed E-state index contributed by atoms with van der Waals surface area (Å²) >= 11 is 0. The predicted octanol–water partition coefficient (Wildman–Crippen LogP) is 4.29. The van der Waals surface area contributed by atoms with E-state index in [0.717, 1.165) is 17.1 Å². The summed E-state index contributed by atoms with van der Waals surface area (Å²) in [6.07, 6.45) is 0. The number of ether oxygens (including phenoxy) is 2. The van der Waals surface area contributed by atoms with Crippen LogP contribution in [0.25, 0.3) is 5.69 Å². The molecule has 0 unspecified atom stereocenters. The van der Waals surface area contributed by atoms with Gasteiger partial charge in [-0.15, -0.1) is 0 Å². The van der Waals surface area contributed by atoms with Gasteiger partial charge in [-0.2, -0.15) is 0 Å². The van der Waals surface area contributed by atoms with Gasteiger partial charge in [0.2, 0.25) is 0 Å². The van der Waals surface area contributed by atoms with Crippen molar-refractivity contribution in [2.75, 3.05) is 18.5 Å². The minimum atomic E-state index is -0.553. The number of nitrogens with one attached hydrogen (secondary N) is 1. The van der Waals surface area contributed by atoms with Crippen molar-refractivity contribution < 1.29 is 19.1 Å². The number of carbonyl (C=O) groups is 2. The van der Waals surface area contributed by atoms with Crippen LogP contribution < -0.4 is 10.1 Å². The number of rotatable bonds is 7. The standard InChI is InChI=1S/C23H24N2O4/c1-4-28-21-11-6-5-10-20(21)24-22(26)15-29-23(27)18-8-7-9-19(14-18)25-16(2)12-13-17(25)3/h5-14H,4,15H2,1-3H3,(H,24,26). The number of nitrogens with zero attached hydrogens (tertiary/aromatic N) is 1. The molecule has 0 saturated heterocycles. The summed E-state index contributed by atoms with van der Waals surface area (Å²) in [7, 11) is 0.